The summed E-state index contributed by atoms with van der Waals surface area (Å²) in [6.45, 7) is 5.64. The molecule has 138 valence electrons. The lowest BCUT2D eigenvalue weighted by atomic mass is 10.3. The molecule has 0 radical (unpaired) electrons. The molecule has 26 heavy (non-hydrogen) atoms. The molecule has 2 aromatic heterocycles. The quantitative estimate of drug-likeness (QED) is 0.742. The molecule has 0 N–H and O–H groups in total. The molecule has 0 bridgehead atoms. The second-order valence-corrected chi connectivity index (χ2v) is 5.89. The molecule has 0 atom stereocenters. The summed E-state index contributed by atoms with van der Waals surface area (Å²) >= 11 is 0. The van der Waals surface area contributed by atoms with E-state index >= 15 is 0 Å². The fraction of sp³-hybridized carbons (Fsp3) is 0.562. The first-order valence-electron chi connectivity index (χ1n) is 8.62. The molecule has 4 heterocycles. The zero-order valence-electron chi connectivity index (χ0n) is 14.7. The first-order chi connectivity index (χ1) is 12.8. The Morgan fingerprint density at radius 3 is 1.96 bits per heavy atom. The normalized spacial score (nSPS) is 18.0. The lowest BCUT2D eigenvalue weighted by Gasteiger charge is -2.30. The van der Waals surface area contributed by atoms with Crippen LogP contribution in [0.15, 0.2) is 12.3 Å². The summed E-state index contributed by atoms with van der Waals surface area (Å²) in [5.74, 6) is 1.78. The maximum Gasteiger partial charge on any atom is 0.316 e. The van der Waals surface area contributed by atoms with Gasteiger partial charge in [0.25, 0.3) is 0 Å². The second-order valence-electron chi connectivity index (χ2n) is 5.89. The lowest BCUT2D eigenvalue weighted by molar-refractivity contribution is 0.121. The molecule has 2 saturated heterocycles. The van der Waals surface area contributed by atoms with Crippen molar-refractivity contribution in [3.63, 3.8) is 0 Å². The van der Waals surface area contributed by atoms with Crippen molar-refractivity contribution in [3.05, 3.63) is 12.3 Å². The van der Waals surface area contributed by atoms with Crippen LogP contribution in [0.1, 0.15) is 0 Å². The van der Waals surface area contributed by atoms with Crippen LogP contribution in [0.25, 0.3) is 11.5 Å². The topological polar surface area (TPSA) is 98.6 Å². The van der Waals surface area contributed by atoms with Crippen LogP contribution in [0, 0.1) is 0 Å². The minimum absolute atomic E-state index is 0.281. The molecular weight excluding hydrogens is 338 g/mol. The van der Waals surface area contributed by atoms with Crippen molar-refractivity contribution in [1.29, 1.82) is 0 Å². The zero-order chi connectivity index (χ0) is 17.8. The summed E-state index contributed by atoms with van der Waals surface area (Å²) in [7, 11) is 1.53. The average Bonchev–Trinajstić information content (AvgIpc) is 2.75. The van der Waals surface area contributed by atoms with Crippen LogP contribution in [-0.4, -0.2) is 84.6 Å². The Kier molecular flexibility index (Phi) is 5.02. The van der Waals surface area contributed by atoms with Gasteiger partial charge in [0.2, 0.25) is 11.9 Å². The van der Waals surface area contributed by atoms with E-state index in [2.05, 4.69) is 29.7 Å². The van der Waals surface area contributed by atoms with E-state index in [9.17, 15) is 0 Å². The number of hydrogen-bond acceptors (Lipinski definition) is 10. The van der Waals surface area contributed by atoms with Crippen LogP contribution < -0.4 is 14.5 Å². The summed E-state index contributed by atoms with van der Waals surface area (Å²) in [5, 5.41) is 0. The summed E-state index contributed by atoms with van der Waals surface area (Å²) < 4.78 is 16.0. The van der Waals surface area contributed by atoms with Crippen LogP contribution >= 0.6 is 0 Å². The SMILES string of the molecule is COc1nccc(-c2nc(N3CCOCC3)nc(N3CCOCC3)n2)n1. The van der Waals surface area contributed by atoms with E-state index in [1.807, 2.05) is 0 Å². The molecule has 4 rings (SSSR count). The van der Waals surface area contributed by atoms with Crippen molar-refractivity contribution in [3.8, 4) is 17.5 Å². The largest absolute Gasteiger partial charge is 0.467 e. The van der Waals surface area contributed by atoms with E-state index < -0.39 is 0 Å². The first kappa shape index (κ1) is 16.9. The molecular formula is C16H21N7O3. The number of nitrogens with zero attached hydrogens (tertiary/aromatic N) is 7. The van der Waals surface area contributed by atoms with Gasteiger partial charge >= 0.3 is 6.01 Å². The molecule has 0 unspecified atom stereocenters. The van der Waals surface area contributed by atoms with Crippen molar-refractivity contribution in [1.82, 2.24) is 24.9 Å². The highest BCUT2D eigenvalue weighted by molar-refractivity contribution is 5.54. The molecule has 10 heteroatoms. The molecule has 0 aliphatic carbocycles. The van der Waals surface area contributed by atoms with Gasteiger partial charge in [0, 0.05) is 32.4 Å². The highest BCUT2D eigenvalue weighted by atomic mass is 16.5. The number of anilines is 2. The Hall–Kier alpha value is -2.59. The van der Waals surface area contributed by atoms with Crippen LogP contribution in [0.4, 0.5) is 11.9 Å². The number of aromatic nitrogens is 5. The van der Waals surface area contributed by atoms with Gasteiger partial charge in [-0.3, -0.25) is 0 Å². The average molecular weight is 359 g/mol. The van der Waals surface area contributed by atoms with Crippen molar-refractivity contribution in [2.45, 2.75) is 0 Å². The second kappa shape index (κ2) is 7.75. The standard InChI is InChI=1S/C16H21N7O3/c1-24-16-17-3-2-12(18-16)13-19-14(22-4-8-25-9-5-22)21-15(20-13)23-6-10-26-11-7-23/h2-3H,4-11H2,1H3. The Morgan fingerprint density at radius 1 is 0.846 bits per heavy atom. The van der Waals surface area contributed by atoms with Gasteiger partial charge in [-0.25, -0.2) is 4.98 Å². The lowest BCUT2D eigenvalue weighted by Crippen LogP contribution is -2.40. The summed E-state index contributed by atoms with van der Waals surface area (Å²) in [6.07, 6.45) is 1.63. The van der Waals surface area contributed by atoms with Crippen molar-refractivity contribution < 1.29 is 14.2 Å². The summed E-state index contributed by atoms with van der Waals surface area (Å²) in [6, 6.07) is 2.05. The minimum atomic E-state index is 0.281. The van der Waals surface area contributed by atoms with Gasteiger partial charge in [-0.15, -0.1) is 0 Å². The molecule has 0 amide bonds. The molecule has 2 aliphatic heterocycles. The Morgan fingerprint density at radius 2 is 1.42 bits per heavy atom. The molecule has 0 aromatic carbocycles. The number of hydrogen-bond donors (Lipinski definition) is 0. The first-order valence-corrected chi connectivity index (χ1v) is 8.62. The number of methoxy groups -OCH3 is 1. The predicted octanol–water partition coefficient (Wildman–Crippen LogP) is 0.0104. The van der Waals surface area contributed by atoms with E-state index in [4.69, 9.17) is 19.2 Å². The monoisotopic (exact) mass is 359 g/mol. The van der Waals surface area contributed by atoms with E-state index in [1.54, 1.807) is 12.3 Å². The highest BCUT2D eigenvalue weighted by Gasteiger charge is 2.21. The molecule has 10 nitrogen and oxygen atoms in total. The third-order valence-corrected chi connectivity index (χ3v) is 4.24. The van der Waals surface area contributed by atoms with E-state index in [-0.39, 0.29) is 6.01 Å². The molecule has 0 spiro atoms. The van der Waals surface area contributed by atoms with Gasteiger partial charge < -0.3 is 24.0 Å². The maximum absolute atomic E-state index is 5.44. The van der Waals surface area contributed by atoms with Gasteiger partial charge in [-0.1, -0.05) is 0 Å². The minimum Gasteiger partial charge on any atom is -0.467 e. The van der Waals surface area contributed by atoms with Gasteiger partial charge in [0.05, 0.1) is 33.5 Å². The Labute approximate surface area is 151 Å². The van der Waals surface area contributed by atoms with Crippen LogP contribution in [0.3, 0.4) is 0 Å². The Balaban J connectivity index is 1.73. The van der Waals surface area contributed by atoms with Crippen LogP contribution in [0.5, 0.6) is 6.01 Å². The smallest absolute Gasteiger partial charge is 0.316 e. The van der Waals surface area contributed by atoms with Crippen molar-refractivity contribution in [2.24, 2.45) is 0 Å². The third kappa shape index (κ3) is 3.65. The van der Waals surface area contributed by atoms with Crippen LogP contribution in [0.2, 0.25) is 0 Å². The fourth-order valence-electron chi connectivity index (χ4n) is 2.84. The van der Waals surface area contributed by atoms with Gasteiger partial charge in [-0.2, -0.15) is 19.9 Å². The van der Waals surface area contributed by atoms with Gasteiger partial charge in [0.1, 0.15) is 5.69 Å². The predicted molar refractivity (Wildman–Crippen MR) is 93.5 cm³/mol. The number of rotatable bonds is 4. The summed E-state index contributed by atoms with van der Waals surface area (Å²) in [5.41, 5.74) is 0.600. The van der Waals surface area contributed by atoms with E-state index in [0.717, 1.165) is 26.2 Å². The highest BCUT2D eigenvalue weighted by Crippen LogP contribution is 2.22. The number of morpholine rings is 2. The van der Waals surface area contributed by atoms with Gasteiger partial charge in [-0.05, 0) is 6.07 Å². The molecule has 2 aromatic rings. The van der Waals surface area contributed by atoms with Gasteiger partial charge in [0.15, 0.2) is 5.82 Å². The van der Waals surface area contributed by atoms with E-state index in [0.29, 0.717) is 49.8 Å². The number of ether oxygens (including phenoxy) is 3. The van der Waals surface area contributed by atoms with Crippen molar-refractivity contribution in [2.75, 3.05) is 69.5 Å². The summed E-state index contributed by atoms with van der Waals surface area (Å²) in [4.78, 5) is 26.6. The molecule has 2 fully saturated rings. The molecule has 0 saturated carbocycles. The fourth-order valence-corrected chi connectivity index (χ4v) is 2.84. The van der Waals surface area contributed by atoms with Crippen molar-refractivity contribution >= 4 is 11.9 Å². The third-order valence-electron chi connectivity index (χ3n) is 4.24. The Bertz CT molecular complexity index is 712. The van der Waals surface area contributed by atoms with E-state index in [1.165, 1.54) is 7.11 Å². The zero-order valence-corrected chi connectivity index (χ0v) is 14.7. The van der Waals surface area contributed by atoms with Crippen LogP contribution in [-0.2, 0) is 9.47 Å². The maximum atomic E-state index is 5.44. The molecule has 2 aliphatic rings.